The quantitative estimate of drug-likeness (QED) is 0.859. The highest BCUT2D eigenvalue weighted by molar-refractivity contribution is 5.55. The summed E-state index contributed by atoms with van der Waals surface area (Å²) in [4.78, 5) is 2.32. The number of para-hydroxylation sites is 1. The molecule has 0 spiro atoms. The molecule has 0 amide bonds. The summed E-state index contributed by atoms with van der Waals surface area (Å²) in [5, 5.41) is 13.8. The summed E-state index contributed by atoms with van der Waals surface area (Å²) in [5.41, 5.74) is 1.93. The normalized spacial score (nSPS) is 28.5. The third kappa shape index (κ3) is 3.48. The van der Waals surface area contributed by atoms with Crippen molar-refractivity contribution in [3.05, 3.63) is 29.8 Å². The fourth-order valence-electron chi connectivity index (χ4n) is 2.77. The Morgan fingerprint density at radius 1 is 1.37 bits per heavy atom. The van der Waals surface area contributed by atoms with Crippen LogP contribution in [0.25, 0.3) is 0 Å². The van der Waals surface area contributed by atoms with E-state index in [1.165, 1.54) is 11.3 Å². The van der Waals surface area contributed by atoms with Gasteiger partial charge >= 0.3 is 0 Å². The molecule has 0 aliphatic carbocycles. The molecule has 0 radical (unpaired) electrons. The molecular formula is C16H26N2O. The van der Waals surface area contributed by atoms with Gasteiger partial charge < -0.3 is 15.3 Å². The lowest BCUT2D eigenvalue weighted by Crippen LogP contribution is -2.43. The van der Waals surface area contributed by atoms with E-state index >= 15 is 0 Å². The van der Waals surface area contributed by atoms with Gasteiger partial charge in [0.1, 0.15) is 0 Å². The Balaban J connectivity index is 2.33. The van der Waals surface area contributed by atoms with E-state index < -0.39 is 5.60 Å². The molecule has 3 nitrogen and oxygen atoms in total. The van der Waals surface area contributed by atoms with Gasteiger partial charge in [-0.3, -0.25) is 0 Å². The van der Waals surface area contributed by atoms with Gasteiger partial charge in [-0.05, 0) is 31.4 Å². The number of aliphatic hydroxyl groups is 1. The zero-order valence-corrected chi connectivity index (χ0v) is 12.5. The van der Waals surface area contributed by atoms with Crippen molar-refractivity contribution in [1.29, 1.82) is 0 Å². The zero-order valence-electron chi connectivity index (χ0n) is 12.5. The molecule has 1 aromatic rings. The molecule has 19 heavy (non-hydrogen) atoms. The molecule has 0 aromatic heterocycles. The molecular weight excluding hydrogens is 236 g/mol. The van der Waals surface area contributed by atoms with E-state index in [-0.39, 0.29) is 0 Å². The summed E-state index contributed by atoms with van der Waals surface area (Å²) >= 11 is 0. The van der Waals surface area contributed by atoms with Crippen LogP contribution in [-0.4, -0.2) is 36.4 Å². The van der Waals surface area contributed by atoms with Crippen molar-refractivity contribution in [2.75, 3.05) is 24.5 Å². The van der Waals surface area contributed by atoms with Crippen molar-refractivity contribution < 1.29 is 5.11 Å². The van der Waals surface area contributed by atoms with Gasteiger partial charge in [-0.1, -0.05) is 32.0 Å². The van der Waals surface area contributed by atoms with Gasteiger partial charge in [0, 0.05) is 31.4 Å². The van der Waals surface area contributed by atoms with Crippen LogP contribution in [0.5, 0.6) is 0 Å². The van der Waals surface area contributed by atoms with Crippen LogP contribution in [0.1, 0.15) is 39.2 Å². The number of benzene rings is 1. The van der Waals surface area contributed by atoms with Crippen LogP contribution in [0.3, 0.4) is 0 Å². The first-order chi connectivity index (χ1) is 8.89. The third-order valence-corrected chi connectivity index (χ3v) is 3.76. The predicted octanol–water partition coefficient (Wildman–Crippen LogP) is 2.36. The van der Waals surface area contributed by atoms with E-state index in [2.05, 4.69) is 55.3 Å². The van der Waals surface area contributed by atoms with E-state index in [1.807, 2.05) is 6.92 Å². The number of β-amino-alcohol motifs (C(OH)–C–C–N with tert-alkyl or cyclic N) is 1. The van der Waals surface area contributed by atoms with Crippen LogP contribution in [-0.2, 0) is 0 Å². The van der Waals surface area contributed by atoms with Gasteiger partial charge in [0.15, 0.2) is 0 Å². The summed E-state index contributed by atoms with van der Waals surface area (Å²) < 4.78 is 0. The van der Waals surface area contributed by atoms with E-state index in [0.717, 1.165) is 6.54 Å². The molecule has 1 heterocycles. The maximum atomic E-state index is 10.4. The van der Waals surface area contributed by atoms with E-state index in [1.54, 1.807) is 0 Å². The summed E-state index contributed by atoms with van der Waals surface area (Å²) in [6, 6.07) is 8.92. The molecule has 2 rings (SSSR count). The van der Waals surface area contributed by atoms with Crippen LogP contribution in [0.4, 0.5) is 5.69 Å². The van der Waals surface area contributed by atoms with Crippen LogP contribution in [0, 0.1) is 0 Å². The maximum Gasteiger partial charge on any atom is 0.0917 e. The Morgan fingerprint density at radius 3 is 2.74 bits per heavy atom. The number of nitrogens with one attached hydrogen (secondary N) is 1. The lowest BCUT2D eigenvalue weighted by Gasteiger charge is -2.32. The van der Waals surface area contributed by atoms with Crippen molar-refractivity contribution in [2.24, 2.45) is 0 Å². The molecule has 1 aliphatic rings. The second-order valence-corrected chi connectivity index (χ2v) is 6.37. The molecule has 1 saturated heterocycles. The van der Waals surface area contributed by atoms with Crippen molar-refractivity contribution in [3.8, 4) is 0 Å². The molecule has 106 valence electrons. The minimum Gasteiger partial charge on any atom is -0.387 e. The second kappa shape index (κ2) is 5.51. The minimum absolute atomic E-state index is 0.384. The zero-order chi connectivity index (χ0) is 14.0. The van der Waals surface area contributed by atoms with Gasteiger partial charge in [-0.15, -0.1) is 0 Å². The lowest BCUT2D eigenvalue weighted by molar-refractivity contribution is 0.0717. The number of rotatable bonds is 2. The van der Waals surface area contributed by atoms with Crippen LogP contribution in [0.2, 0.25) is 0 Å². The van der Waals surface area contributed by atoms with E-state index in [4.69, 9.17) is 0 Å². The molecule has 0 bridgehead atoms. The fraction of sp³-hybridized carbons (Fsp3) is 0.625. The molecule has 1 fully saturated rings. The van der Waals surface area contributed by atoms with E-state index in [9.17, 15) is 5.11 Å². The fourth-order valence-corrected chi connectivity index (χ4v) is 2.77. The SMILES string of the molecule is CC1CN(c2ccccc2C(C)C)CC(C)(O)CN1. The van der Waals surface area contributed by atoms with Gasteiger partial charge in [-0.25, -0.2) is 0 Å². The first kappa shape index (κ1) is 14.4. The molecule has 0 saturated carbocycles. The average molecular weight is 262 g/mol. The average Bonchev–Trinajstić information content (AvgIpc) is 2.48. The summed E-state index contributed by atoms with van der Waals surface area (Å²) in [6.45, 7) is 10.8. The summed E-state index contributed by atoms with van der Waals surface area (Å²) in [7, 11) is 0. The number of anilines is 1. The van der Waals surface area contributed by atoms with Crippen LogP contribution >= 0.6 is 0 Å². The van der Waals surface area contributed by atoms with E-state index in [0.29, 0.717) is 25.0 Å². The van der Waals surface area contributed by atoms with Crippen molar-refractivity contribution in [2.45, 2.75) is 45.3 Å². The maximum absolute atomic E-state index is 10.4. The Kier molecular flexibility index (Phi) is 4.16. The molecule has 2 N–H and O–H groups in total. The van der Waals surface area contributed by atoms with Gasteiger partial charge in [0.25, 0.3) is 0 Å². The number of nitrogens with zero attached hydrogens (tertiary/aromatic N) is 1. The number of hydrogen-bond donors (Lipinski definition) is 2. The summed E-state index contributed by atoms with van der Waals surface area (Å²) in [6.07, 6.45) is 0. The molecule has 1 aliphatic heterocycles. The first-order valence-corrected chi connectivity index (χ1v) is 7.19. The van der Waals surface area contributed by atoms with Crippen molar-refractivity contribution in [3.63, 3.8) is 0 Å². The Bertz CT molecular complexity index is 429. The molecule has 2 unspecified atom stereocenters. The van der Waals surface area contributed by atoms with Crippen LogP contribution < -0.4 is 10.2 Å². The predicted molar refractivity (Wildman–Crippen MR) is 80.8 cm³/mol. The van der Waals surface area contributed by atoms with Gasteiger partial charge in [-0.2, -0.15) is 0 Å². The third-order valence-electron chi connectivity index (χ3n) is 3.76. The number of hydrogen-bond acceptors (Lipinski definition) is 3. The standard InChI is InChI=1S/C16H26N2O/c1-12(2)14-7-5-6-8-15(14)18-9-13(3)17-10-16(4,19)11-18/h5-8,12-13,17,19H,9-11H2,1-4H3. The molecule has 3 heteroatoms. The highest BCUT2D eigenvalue weighted by atomic mass is 16.3. The Morgan fingerprint density at radius 2 is 2.05 bits per heavy atom. The highest BCUT2D eigenvalue weighted by Gasteiger charge is 2.30. The van der Waals surface area contributed by atoms with Crippen molar-refractivity contribution in [1.82, 2.24) is 5.32 Å². The molecule has 1 aromatic carbocycles. The Labute approximate surface area is 116 Å². The van der Waals surface area contributed by atoms with Gasteiger partial charge in [0.2, 0.25) is 0 Å². The topological polar surface area (TPSA) is 35.5 Å². The largest absolute Gasteiger partial charge is 0.387 e. The highest BCUT2D eigenvalue weighted by Crippen LogP contribution is 2.29. The smallest absolute Gasteiger partial charge is 0.0917 e. The lowest BCUT2D eigenvalue weighted by atomic mass is 9.99. The minimum atomic E-state index is -0.686. The summed E-state index contributed by atoms with van der Waals surface area (Å²) in [5.74, 6) is 0.493. The van der Waals surface area contributed by atoms with Crippen molar-refractivity contribution >= 4 is 5.69 Å². The monoisotopic (exact) mass is 262 g/mol. The second-order valence-electron chi connectivity index (χ2n) is 6.37. The first-order valence-electron chi connectivity index (χ1n) is 7.19. The molecule has 2 atom stereocenters. The van der Waals surface area contributed by atoms with Crippen LogP contribution in [0.15, 0.2) is 24.3 Å². The Hall–Kier alpha value is -1.06. The van der Waals surface area contributed by atoms with Gasteiger partial charge in [0.05, 0.1) is 5.60 Å².